The van der Waals surface area contributed by atoms with Gasteiger partial charge < -0.3 is 5.32 Å². The highest BCUT2D eigenvalue weighted by Crippen LogP contribution is 2.42. The molecule has 0 radical (unpaired) electrons. The quantitative estimate of drug-likeness (QED) is 0.845. The van der Waals surface area contributed by atoms with Crippen LogP contribution in [0.15, 0.2) is 14.5 Å². The van der Waals surface area contributed by atoms with E-state index in [1.54, 1.807) is 6.92 Å². The number of sulfonamides is 1. The van der Waals surface area contributed by atoms with Crippen LogP contribution in [0, 0.1) is 0 Å². The number of fused-ring (bicyclic) bond motifs is 1. The maximum Gasteiger partial charge on any atom is 0.247 e. The standard InChI is InChI=1S/C10H16N2O4S3/c1-3-12-8-4-6(2)18(13,14)10-7(8)5-9(17-10)19(11,15)16/h5-6,8,12H,3-4H2,1-2H3,(H2,11,15,16)/t6-,8-/m0/s1/i4D2,5D,6D. The van der Waals surface area contributed by atoms with Crippen molar-refractivity contribution < 1.29 is 22.3 Å². The lowest BCUT2D eigenvalue weighted by atomic mass is 10.1. The Balaban J connectivity index is 2.96. The van der Waals surface area contributed by atoms with Crippen molar-refractivity contribution in [3.8, 4) is 0 Å². The fourth-order valence-electron chi connectivity index (χ4n) is 1.69. The minimum atomic E-state index is -4.51. The first-order chi connectivity index (χ1) is 10.2. The summed E-state index contributed by atoms with van der Waals surface area (Å²) in [5.41, 5.74) is -0.282. The van der Waals surface area contributed by atoms with Gasteiger partial charge in [-0.05, 0) is 25.9 Å². The van der Waals surface area contributed by atoms with Gasteiger partial charge in [-0.3, -0.25) is 0 Å². The zero-order valence-corrected chi connectivity index (χ0v) is 12.7. The van der Waals surface area contributed by atoms with Gasteiger partial charge in [-0.15, -0.1) is 11.3 Å². The van der Waals surface area contributed by atoms with Gasteiger partial charge in [0.2, 0.25) is 10.0 Å². The Bertz CT molecular complexity index is 861. The Kier molecular flexibility index (Phi) is 2.60. The summed E-state index contributed by atoms with van der Waals surface area (Å²) in [7, 11) is -8.85. The molecule has 2 heterocycles. The van der Waals surface area contributed by atoms with E-state index in [-0.39, 0.29) is 12.1 Å². The molecule has 6 nitrogen and oxygen atoms in total. The Morgan fingerprint density at radius 1 is 1.74 bits per heavy atom. The zero-order chi connectivity index (χ0) is 18.0. The normalized spacial score (nSPS) is 35.6. The molecule has 1 aromatic rings. The van der Waals surface area contributed by atoms with E-state index in [4.69, 9.17) is 10.6 Å². The molecule has 0 amide bonds. The van der Waals surface area contributed by atoms with Crippen LogP contribution in [0.4, 0.5) is 0 Å². The van der Waals surface area contributed by atoms with Gasteiger partial charge in [-0.2, -0.15) is 0 Å². The molecule has 2 atom stereocenters. The van der Waals surface area contributed by atoms with E-state index in [2.05, 4.69) is 5.32 Å². The van der Waals surface area contributed by atoms with E-state index in [9.17, 15) is 16.8 Å². The second-order valence-corrected chi connectivity index (χ2v) is 9.02. The number of nitrogens with two attached hydrogens (primary N) is 1. The molecule has 0 aromatic carbocycles. The predicted octanol–water partition coefficient (Wildman–Crippen LogP) is 0.612. The minimum absolute atomic E-state index is 0.236. The SMILES string of the molecule is [2H]c1c(S(N)(=O)=O)sc2c1[C@@H](NCC)C([2H])([2H])[C@]([2H])(C)S2(=O)=O. The molecule has 1 aliphatic rings. The minimum Gasteiger partial charge on any atom is -0.310 e. The smallest absolute Gasteiger partial charge is 0.247 e. The molecule has 0 unspecified atom stereocenters. The highest BCUT2D eigenvalue weighted by molar-refractivity contribution is 7.95. The van der Waals surface area contributed by atoms with Crippen molar-refractivity contribution >= 4 is 31.2 Å². The number of sulfone groups is 1. The summed E-state index contributed by atoms with van der Waals surface area (Å²) in [4.78, 5) is 0. The second-order valence-electron chi connectivity index (χ2n) is 3.96. The molecule has 0 saturated heterocycles. The Hall–Kier alpha value is -0.480. The van der Waals surface area contributed by atoms with Gasteiger partial charge in [0.15, 0.2) is 9.84 Å². The molecule has 2 rings (SSSR count). The molecule has 19 heavy (non-hydrogen) atoms. The lowest BCUT2D eigenvalue weighted by molar-refractivity contribution is 0.477. The molecule has 0 fully saturated rings. The molecular weight excluding hydrogens is 308 g/mol. The van der Waals surface area contributed by atoms with Crippen LogP contribution < -0.4 is 10.5 Å². The molecule has 1 aromatic heterocycles. The second kappa shape index (κ2) is 4.81. The van der Waals surface area contributed by atoms with E-state index in [0.717, 1.165) is 6.92 Å². The number of primary sulfonamides is 1. The zero-order valence-electron chi connectivity index (χ0n) is 14.2. The van der Waals surface area contributed by atoms with Crippen LogP contribution in [0.25, 0.3) is 0 Å². The average Bonchev–Trinajstić information content (AvgIpc) is 2.72. The Morgan fingerprint density at radius 3 is 2.89 bits per heavy atom. The third kappa shape index (κ3) is 2.57. The van der Waals surface area contributed by atoms with Crippen molar-refractivity contribution in [3.63, 3.8) is 0 Å². The van der Waals surface area contributed by atoms with Crippen LogP contribution in [0.3, 0.4) is 0 Å². The molecule has 0 spiro atoms. The van der Waals surface area contributed by atoms with Crippen molar-refractivity contribution in [3.05, 3.63) is 11.6 Å². The number of thiophene rings is 1. The van der Waals surface area contributed by atoms with Gasteiger partial charge in [-0.25, -0.2) is 22.0 Å². The lowest BCUT2D eigenvalue weighted by Gasteiger charge is -2.27. The first-order valence-electron chi connectivity index (χ1n) is 7.35. The Labute approximate surface area is 122 Å². The fraction of sp³-hybridized carbons (Fsp3) is 0.600. The summed E-state index contributed by atoms with van der Waals surface area (Å²) >= 11 is 0.293. The van der Waals surface area contributed by atoms with Crippen LogP contribution in [0.5, 0.6) is 0 Å². The molecular formula is C10H16N2O4S3. The van der Waals surface area contributed by atoms with Crippen molar-refractivity contribution in [2.45, 2.75) is 39.9 Å². The molecule has 3 N–H and O–H groups in total. The predicted molar refractivity (Wildman–Crippen MR) is 73.4 cm³/mol. The summed E-state index contributed by atoms with van der Waals surface area (Å²) in [6.07, 6.45) is -2.58. The Morgan fingerprint density at radius 2 is 2.37 bits per heavy atom. The molecule has 9 heteroatoms. The van der Waals surface area contributed by atoms with Crippen molar-refractivity contribution in [1.82, 2.24) is 5.32 Å². The summed E-state index contributed by atoms with van der Waals surface area (Å²) in [5.74, 6) is 0. The molecule has 1 aliphatic heterocycles. The topological polar surface area (TPSA) is 106 Å². The van der Waals surface area contributed by atoms with E-state index >= 15 is 0 Å². The van der Waals surface area contributed by atoms with Gasteiger partial charge in [0, 0.05) is 15.7 Å². The highest BCUT2D eigenvalue weighted by Gasteiger charge is 2.39. The van der Waals surface area contributed by atoms with Crippen LogP contribution in [-0.2, 0) is 19.9 Å². The van der Waals surface area contributed by atoms with E-state index in [1.165, 1.54) is 0 Å². The van der Waals surface area contributed by atoms with Gasteiger partial charge in [-0.1, -0.05) is 6.92 Å². The third-order valence-electron chi connectivity index (χ3n) is 2.59. The molecule has 0 aliphatic carbocycles. The van der Waals surface area contributed by atoms with Crippen LogP contribution in [-0.4, -0.2) is 28.6 Å². The van der Waals surface area contributed by atoms with Crippen LogP contribution in [0.1, 0.15) is 37.3 Å². The van der Waals surface area contributed by atoms with Gasteiger partial charge >= 0.3 is 0 Å². The number of hydrogen-bond donors (Lipinski definition) is 2. The van der Waals surface area contributed by atoms with E-state index in [0.29, 0.717) is 11.3 Å². The average molecular weight is 328 g/mol. The molecule has 0 saturated carbocycles. The van der Waals surface area contributed by atoms with Gasteiger partial charge in [0.25, 0.3) is 0 Å². The monoisotopic (exact) mass is 328 g/mol. The maximum absolute atomic E-state index is 12.6. The van der Waals surface area contributed by atoms with Crippen molar-refractivity contribution in [1.29, 1.82) is 0 Å². The number of nitrogens with one attached hydrogen (secondary N) is 1. The summed E-state index contributed by atoms with van der Waals surface area (Å²) < 4.78 is 79.5. The fourth-order valence-corrected chi connectivity index (χ4v) is 5.50. The first kappa shape index (κ1) is 10.3. The largest absolute Gasteiger partial charge is 0.310 e. The number of rotatable bonds is 3. The summed E-state index contributed by atoms with van der Waals surface area (Å²) in [6, 6.07) is -1.95. The van der Waals surface area contributed by atoms with Crippen molar-refractivity contribution in [2.24, 2.45) is 5.14 Å². The first-order valence-corrected chi connectivity index (χ1v) is 9.20. The molecule has 108 valence electrons. The third-order valence-corrected chi connectivity index (χ3v) is 7.39. The van der Waals surface area contributed by atoms with Crippen molar-refractivity contribution in [2.75, 3.05) is 6.54 Å². The number of hydrogen-bond acceptors (Lipinski definition) is 6. The van der Waals surface area contributed by atoms with Crippen LogP contribution >= 0.6 is 11.3 Å². The highest BCUT2D eigenvalue weighted by atomic mass is 32.3. The summed E-state index contributed by atoms with van der Waals surface area (Å²) in [6.45, 7) is 2.81. The lowest BCUT2D eigenvalue weighted by Crippen LogP contribution is -2.33. The summed E-state index contributed by atoms with van der Waals surface area (Å²) in [5, 5.41) is 5.19. The van der Waals surface area contributed by atoms with E-state index < -0.39 is 52.0 Å². The molecule has 0 bridgehead atoms. The van der Waals surface area contributed by atoms with Crippen LogP contribution in [0.2, 0.25) is 0 Å². The van der Waals surface area contributed by atoms with E-state index in [1.807, 2.05) is 0 Å². The van der Waals surface area contributed by atoms with Gasteiger partial charge in [0.1, 0.15) is 8.42 Å². The van der Waals surface area contributed by atoms with Gasteiger partial charge in [0.05, 0.1) is 6.60 Å². The maximum atomic E-state index is 12.6.